The van der Waals surface area contributed by atoms with Crippen LogP contribution >= 0.6 is 0 Å². The van der Waals surface area contributed by atoms with Crippen molar-refractivity contribution < 1.29 is 19.1 Å². The van der Waals surface area contributed by atoms with Crippen molar-refractivity contribution in [2.24, 2.45) is 0 Å². The summed E-state index contributed by atoms with van der Waals surface area (Å²) in [5, 5.41) is 10.7. The smallest absolute Gasteiger partial charge is 0.296 e. The summed E-state index contributed by atoms with van der Waals surface area (Å²) in [5.74, 6) is 0.620. The van der Waals surface area contributed by atoms with Gasteiger partial charge in [-0.1, -0.05) is 0 Å². The molecule has 0 spiro atoms. The van der Waals surface area contributed by atoms with Gasteiger partial charge in [-0.15, -0.1) is 0 Å². The minimum absolute atomic E-state index is 0.0308. The second-order valence-electron chi connectivity index (χ2n) is 3.16. The molecule has 0 aliphatic rings. The van der Waals surface area contributed by atoms with E-state index in [1.165, 1.54) is 19.2 Å². The van der Waals surface area contributed by atoms with Crippen molar-refractivity contribution in [3.63, 3.8) is 0 Å². The zero-order chi connectivity index (χ0) is 12.8. The molecule has 0 aliphatic heterocycles. The zero-order valence-electron chi connectivity index (χ0n) is 9.63. The molecule has 7 nitrogen and oxygen atoms in total. The molecule has 7 heteroatoms. The fourth-order valence-electron chi connectivity index (χ4n) is 1.23. The van der Waals surface area contributed by atoms with Gasteiger partial charge in [0.05, 0.1) is 24.7 Å². The number of rotatable bonds is 6. The zero-order valence-corrected chi connectivity index (χ0v) is 9.63. The van der Waals surface area contributed by atoms with Gasteiger partial charge in [0, 0.05) is 13.2 Å². The number of nitrogen functional groups attached to an aromatic ring is 1. The molecule has 0 atom stereocenters. The van der Waals surface area contributed by atoms with Crippen molar-refractivity contribution in [1.29, 1.82) is 0 Å². The Labute approximate surface area is 98.2 Å². The van der Waals surface area contributed by atoms with Gasteiger partial charge >= 0.3 is 0 Å². The lowest BCUT2D eigenvalue weighted by atomic mass is 10.2. The summed E-state index contributed by atoms with van der Waals surface area (Å²) in [6.45, 7) is 0.712. The lowest BCUT2D eigenvalue weighted by Crippen LogP contribution is -2.06. The summed E-state index contributed by atoms with van der Waals surface area (Å²) >= 11 is 0. The van der Waals surface area contributed by atoms with Gasteiger partial charge in [-0.3, -0.25) is 10.1 Å². The molecule has 0 amide bonds. The van der Waals surface area contributed by atoms with Gasteiger partial charge in [-0.05, 0) is 0 Å². The molecule has 1 aromatic rings. The molecule has 1 rings (SSSR count). The Kier molecular flexibility index (Phi) is 4.53. The molecule has 0 aliphatic carbocycles. The third-order valence-corrected chi connectivity index (χ3v) is 2.05. The second kappa shape index (κ2) is 5.90. The molecule has 0 radical (unpaired) electrons. The van der Waals surface area contributed by atoms with Gasteiger partial charge in [-0.2, -0.15) is 0 Å². The number of nitrogens with two attached hydrogens (primary N) is 1. The van der Waals surface area contributed by atoms with E-state index in [0.29, 0.717) is 19.0 Å². The van der Waals surface area contributed by atoms with Gasteiger partial charge in [-0.25, -0.2) is 0 Å². The fraction of sp³-hybridized carbons (Fsp3) is 0.400. The molecule has 17 heavy (non-hydrogen) atoms. The number of nitro benzene ring substituents is 1. The highest BCUT2D eigenvalue weighted by Crippen LogP contribution is 2.35. The molecule has 0 bridgehead atoms. The summed E-state index contributed by atoms with van der Waals surface area (Å²) in [5.41, 5.74) is 5.36. The monoisotopic (exact) mass is 242 g/mol. The number of nitrogens with zero attached hydrogens (tertiary/aromatic N) is 1. The number of benzene rings is 1. The molecule has 0 aromatic heterocycles. The molecule has 0 unspecified atom stereocenters. The minimum atomic E-state index is -0.573. The minimum Gasteiger partial charge on any atom is -0.493 e. The van der Waals surface area contributed by atoms with E-state index in [1.807, 2.05) is 0 Å². The van der Waals surface area contributed by atoms with E-state index in [1.54, 1.807) is 7.11 Å². The van der Waals surface area contributed by atoms with Crippen LogP contribution in [0.15, 0.2) is 12.1 Å². The van der Waals surface area contributed by atoms with Crippen LogP contribution in [0.2, 0.25) is 0 Å². The van der Waals surface area contributed by atoms with Gasteiger partial charge in [0.1, 0.15) is 12.3 Å². The normalized spacial score (nSPS) is 10.0. The van der Waals surface area contributed by atoms with Crippen molar-refractivity contribution in [2.45, 2.75) is 0 Å². The molecule has 94 valence electrons. The van der Waals surface area contributed by atoms with Gasteiger partial charge in [0.25, 0.3) is 5.69 Å². The highest BCUT2D eigenvalue weighted by molar-refractivity contribution is 5.65. The number of nitro groups is 1. The summed E-state index contributed by atoms with van der Waals surface area (Å²) < 4.78 is 15.2. The average molecular weight is 242 g/mol. The molecule has 0 saturated carbocycles. The molecule has 0 fully saturated rings. The van der Waals surface area contributed by atoms with E-state index >= 15 is 0 Å². The average Bonchev–Trinajstić information content (AvgIpc) is 2.29. The van der Waals surface area contributed by atoms with Crippen molar-refractivity contribution in [2.75, 3.05) is 33.2 Å². The standard InChI is InChI=1S/C10H14N2O5/c1-15-3-4-17-10-5-7(11)8(12(13)14)6-9(10)16-2/h5-6H,3-4,11H2,1-2H3. The van der Waals surface area contributed by atoms with Crippen LogP contribution in [-0.4, -0.2) is 32.4 Å². The second-order valence-corrected chi connectivity index (χ2v) is 3.16. The maximum absolute atomic E-state index is 10.7. The van der Waals surface area contributed by atoms with Crippen molar-refractivity contribution in [3.8, 4) is 11.5 Å². The number of hydrogen-bond acceptors (Lipinski definition) is 6. The van der Waals surface area contributed by atoms with Crippen LogP contribution < -0.4 is 15.2 Å². The molecule has 1 aromatic carbocycles. The third kappa shape index (κ3) is 3.22. The van der Waals surface area contributed by atoms with Crippen LogP contribution in [0.25, 0.3) is 0 Å². The Bertz CT molecular complexity index is 408. The van der Waals surface area contributed by atoms with Crippen LogP contribution in [0.3, 0.4) is 0 Å². The fourth-order valence-corrected chi connectivity index (χ4v) is 1.23. The Balaban J connectivity index is 2.97. The Morgan fingerprint density at radius 3 is 2.53 bits per heavy atom. The third-order valence-electron chi connectivity index (χ3n) is 2.05. The number of methoxy groups -OCH3 is 2. The quantitative estimate of drug-likeness (QED) is 0.348. The molecular formula is C10H14N2O5. The number of hydrogen-bond donors (Lipinski definition) is 1. The predicted octanol–water partition coefficient (Wildman–Crippen LogP) is 1.21. The van der Waals surface area contributed by atoms with Gasteiger partial charge < -0.3 is 19.9 Å². The van der Waals surface area contributed by atoms with Crippen LogP contribution in [-0.2, 0) is 4.74 Å². The number of anilines is 1. The largest absolute Gasteiger partial charge is 0.493 e. The van der Waals surface area contributed by atoms with Crippen molar-refractivity contribution in [1.82, 2.24) is 0 Å². The van der Waals surface area contributed by atoms with E-state index in [4.69, 9.17) is 19.9 Å². The molecule has 0 saturated heterocycles. The molecular weight excluding hydrogens is 228 g/mol. The lowest BCUT2D eigenvalue weighted by molar-refractivity contribution is -0.384. The SMILES string of the molecule is COCCOc1cc(N)c([N+](=O)[O-])cc1OC. The van der Waals surface area contributed by atoms with Gasteiger partial charge in [0.15, 0.2) is 11.5 Å². The first-order valence-corrected chi connectivity index (χ1v) is 4.83. The van der Waals surface area contributed by atoms with E-state index < -0.39 is 4.92 Å². The highest BCUT2D eigenvalue weighted by Gasteiger charge is 2.17. The Hall–Kier alpha value is -2.02. The van der Waals surface area contributed by atoms with E-state index in [0.717, 1.165) is 0 Å². The molecule has 0 heterocycles. The van der Waals surface area contributed by atoms with E-state index in [-0.39, 0.29) is 17.1 Å². The summed E-state index contributed by atoms with van der Waals surface area (Å²) in [6.07, 6.45) is 0. The van der Waals surface area contributed by atoms with Crippen LogP contribution in [0, 0.1) is 10.1 Å². The summed E-state index contributed by atoms with van der Waals surface area (Å²) in [4.78, 5) is 10.1. The van der Waals surface area contributed by atoms with E-state index in [9.17, 15) is 10.1 Å². The van der Waals surface area contributed by atoms with Crippen LogP contribution in [0.1, 0.15) is 0 Å². The Morgan fingerprint density at radius 1 is 1.29 bits per heavy atom. The maximum Gasteiger partial charge on any atom is 0.296 e. The first-order valence-electron chi connectivity index (χ1n) is 4.83. The Morgan fingerprint density at radius 2 is 2.00 bits per heavy atom. The predicted molar refractivity (Wildman–Crippen MR) is 61.4 cm³/mol. The summed E-state index contributed by atoms with van der Waals surface area (Å²) in [6, 6.07) is 2.60. The first kappa shape index (κ1) is 13.0. The van der Waals surface area contributed by atoms with E-state index in [2.05, 4.69) is 0 Å². The van der Waals surface area contributed by atoms with Crippen LogP contribution in [0.5, 0.6) is 11.5 Å². The first-order chi connectivity index (χ1) is 8.10. The number of ether oxygens (including phenoxy) is 3. The lowest BCUT2D eigenvalue weighted by Gasteiger charge is -2.11. The van der Waals surface area contributed by atoms with Crippen molar-refractivity contribution >= 4 is 11.4 Å². The summed E-state index contributed by atoms with van der Waals surface area (Å²) in [7, 11) is 2.95. The highest BCUT2D eigenvalue weighted by atomic mass is 16.6. The topological polar surface area (TPSA) is 96.9 Å². The molecule has 2 N–H and O–H groups in total. The maximum atomic E-state index is 10.7. The van der Waals surface area contributed by atoms with Crippen molar-refractivity contribution in [3.05, 3.63) is 22.2 Å². The van der Waals surface area contributed by atoms with Gasteiger partial charge in [0.2, 0.25) is 0 Å². The van der Waals surface area contributed by atoms with Crippen LogP contribution in [0.4, 0.5) is 11.4 Å².